The van der Waals surface area contributed by atoms with Crippen LogP contribution in [0, 0.1) is 0 Å². The SMILES string of the molecule is O=C(Nc1ccc(OCCc2ccccc2)cc1)c1cc(Br)ccn1. The summed E-state index contributed by atoms with van der Waals surface area (Å²) >= 11 is 3.33. The fourth-order valence-corrected chi connectivity index (χ4v) is 2.63. The number of amides is 1. The average Bonchev–Trinajstić information content (AvgIpc) is 2.64. The molecule has 1 amide bonds. The minimum absolute atomic E-state index is 0.251. The smallest absolute Gasteiger partial charge is 0.274 e. The van der Waals surface area contributed by atoms with Crippen molar-refractivity contribution in [2.75, 3.05) is 11.9 Å². The molecule has 1 heterocycles. The second-order valence-corrected chi connectivity index (χ2v) is 6.34. The van der Waals surface area contributed by atoms with E-state index in [1.807, 2.05) is 42.5 Å². The van der Waals surface area contributed by atoms with E-state index in [4.69, 9.17) is 4.74 Å². The summed E-state index contributed by atoms with van der Waals surface area (Å²) in [5.41, 5.74) is 2.30. The van der Waals surface area contributed by atoms with Crippen LogP contribution in [0.1, 0.15) is 16.1 Å². The van der Waals surface area contributed by atoms with Crippen LogP contribution in [-0.4, -0.2) is 17.5 Å². The first-order valence-electron chi connectivity index (χ1n) is 7.90. The molecule has 0 unspecified atom stereocenters. The topological polar surface area (TPSA) is 51.2 Å². The standard InChI is InChI=1S/C20H17BrN2O2/c21-16-10-12-22-19(14-16)20(24)23-17-6-8-18(9-7-17)25-13-11-15-4-2-1-3-5-15/h1-10,12,14H,11,13H2,(H,23,24). The van der Waals surface area contributed by atoms with Crippen molar-refractivity contribution in [3.8, 4) is 5.75 Å². The van der Waals surface area contributed by atoms with E-state index in [9.17, 15) is 4.79 Å². The lowest BCUT2D eigenvalue weighted by Crippen LogP contribution is -2.13. The molecule has 5 heteroatoms. The normalized spacial score (nSPS) is 10.3. The van der Waals surface area contributed by atoms with Crippen LogP contribution in [0.3, 0.4) is 0 Å². The number of hydrogen-bond donors (Lipinski definition) is 1. The third-order valence-electron chi connectivity index (χ3n) is 3.57. The number of hydrogen-bond acceptors (Lipinski definition) is 3. The molecule has 0 radical (unpaired) electrons. The molecule has 0 atom stereocenters. The first kappa shape index (κ1) is 17.2. The third kappa shape index (κ3) is 5.16. The summed E-state index contributed by atoms with van der Waals surface area (Å²) in [4.78, 5) is 16.2. The van der Waals surface area contributed by atoms with Crippen molar-refractivity contribution in [1.29, 1.82) is 0 Å². The van der Waals surface area contributed by atoms with Gasteiger partial charge in [-0.05, 0) is 42.0 Å². The summed E-state index contributed by atoms with van der Waals surface area (Å²) in [5.74, 6) is 0.522. The van der Waals surface area contributed by atoms with Gasteiger partial charge in [0, 0.05) is 22.8 Å². The summed E-state index contributed by atoms with van der Waals surface area (Å²) in [7, 11) is 0. The number of halogens is 1. The number of benzene rings is 2. The van der Waals surface area contributed by atoms with Crippen LogP contribution in [0.4, 0.5) is 5.69 Å². The van der Waals surface area contributed by atoms with Crippen molar-refractivity contribution < 1.29 is 9.53 Å². The molecule has 3 aromatic rings. The summed E-state index contributed by atoms with van der Waals surface area (Å²) < 4.78 is 6.55. The van der Waals surface area contributed by atoms with Crippen molar-refractivity contribution >= 4 is 27.5 Å². The zero-order chi connectivity index (χ0) is 17.5. The van der Waals surface area contributed by atoms with E-state index < -0.39 is 0 Å². The molecule has 1 N–H and O–H groups in total. The van der Waals surface area contributed by atoms with E-state index in [1.54, 1.807) is 18.3 Å². The van der Waals surface area contributed by atoms with Gasteiger partial charge in [-0.2, -0.15) is 0 Å². The van der Waals surface area contributed by atoms with E-state index in [0.717, 1.165) is 16.6 Å². The number of rotatable bonds is 6. The van der Waals surface area contributed by atoms with Crippen LogP contribution in [-0.2, 0) is 6.42 Å². The quantitative estimate of drug-likeness (QED) is 0.655. The lowest BCUT2D eigenvalue weighted by Gasteiger charge is -2.08. The maximum absolute atomic E-state index is 12.2. The van der Waals surface area contributed by atoms with Crippen molar-refractivity contribution in [2.45, 2.75) is 6.42 Å². The Morgan fingerprint density at radius 3 is 2.52 bits per heavy atom. The Kier molecular flexibility index (Phi) is 5.80. The van der Waals surface area contributed by atoms with Crippen LogP contribution in [0.5, 0.6) is 5.75 Å². The van der Waals surface area contributed by atoms with Crippen molar-refractivity contribution in [3.05, 3.63) is 88.7 Å². The molecule has 4 nitrogen and oxygen atoms in total. The second-order valence-electron chi connectivity index (χ2n) is 5.42. The van der Waals surface area contributed by atoms with Crippen LogP contribution >= 0.6 is 15.9 Å². The van der Waals surface area contributed by atoms with Crippen LogP contribution in [0.2, 0.25) is 0 Å². The molecule has 0 aliphatic rings. The van der Waals surface area contributed by atoms with Gasteiger partial charge in [-0.1, -0.05) is 46.3 Å². The fraction of sp³-hybridized carbons (Fsp3) is 0.100. The van der Waals surface area contributed by atoms with Crippen molar-refractivity contribution in [1.82, 2.24) is 4.98 Å². The Labute approximate surface area is 155 Å². The van der Waals surface area contributed by atoms with Crippen LogP contribution in [0.25, 0.3) is 0 Å². The van der Waals surface area contributed by atoms with Gasteiger partial charge >= 0.3 is 0 Å². The van der Waals surface area contributed by atoms with E-state index in [-0.39, 0.29) is 5.91 Å². The molecular weight excluding hydrogens is 380 g/mol. The Balaban J connectivity index is 1.52. The maximum Gasteiger partial charge on any atom is 0.274 e. The highest BCUT2D eigenvalue weighted by Gasteiger charge is 2.08. The summed E-state index contributed by atoms with van der Waals surface area (Å²) in [6.45, 7) is 0.609. The van der Waals surface area contributed by atoms with E-state index in [2.05, 4.69) is 38.4 Å². The van der Waals surface area contributed by atoms with Crippen molar-refractivity contribution in [2.24, 2.45) is 0 Å². The van der Waals surface area contributed by atoms with Gasteiger partial charge in [0.2, 0.25) is 0 Å². The Morgan fingerprint density at radius 2 is 1.80 bits per heavy atom. The largest absolute Gasteiger partial charge is 0.493 e. The highest BCUT2D eigenvalue weighted by atomic mass is 79.9. The second kappa shape index (κ2) is 8.44. The number of carbonyl (C=O) groups excluding carboxylic acids is 1. The molecule has 0 aliphatic heterocycles. The maximum atomic E-state index is 12.2. The third-order valence-corrected chi connectivity index (χ3v) is 4.06. The minimum Gasteiger partial charge on any atom is -0.493 e. The zero-order valence-corrected chi connectivity index (χ0v) is 15.1. The molecule has 0 spiro atoms. The number of aromatic nitrogens is 1. The predicted octanol–water partition coefficient (Wildman–Crippen LogP) is 4.72. The minimum atomic E-state index is -0.251. The molecule has 0 fully saturated rings. The van der Waals surface area contributed by atoms with Crippen LogP contribution in [0.15, 0.2) is 77.4 Å². The number of carbonyl (C=O) groups is 1. The molecule has 0 saturated carbocycles. The highest BCUT2D eigenvalue weighted by Crippen LogP contribution is 2.17. The number of nitrogens with zero attached hydrogens (tertiary/aromatic N) is 1. The molecule has 0 saturated heterocycles. The summed E-state index contributed by atoms with van der Waals surface area (Å²) in [5, 5.41) is 2.82. The van der Waals surface area contributed by atoms with Gasteiger partial charge in [0.15, 0.2) is 0 Å². The molecule has 25 heavy (non-hydrogen) atoms. The van der Waals surface area contributed by atoms with Gasteiger partial charge in [0.05, 0.1) is 6.61 Å². The number of anilines is 1. The molecule has 2 aromatic carbocycles. The molecule has 3 rings (SSSR count). The van der Waals surface area contributed by atoms with E-state index >= 15 is 0 Å². The number of nitrogens with one attached hydrogen (secondary N) is 1. The lowest BCUT2D eigenvalue weighted by molar-refractivity contribution is 0.102. The summed E-state index contributed by atoms with van der Waals surface area (Å²) in [6, 6.07) is 21.0. The summed E-state index contributed by atoms with van der Waals surface area (Å²) in [6.07, 6.45) is 2.44. The highest BCUT2D eigenvalue weighted by molar-refractivity contribution is 9.10. The first-order valence-corrected chi connectivity index (χ1v) is 8.70. The lowest BCUT2D eigenvalue weighted by atomic mass is 10.2. The van der Waals surface area contributed by atoms with Gasteiger partial charge in [0.1, 0.15) is 11.4 Å². The zero-order valence-electron chi connectivity index (χ0n) is 13.5. The predicted molar refractivity (Wildman–Crippen MR) is 102 cm³/mol. The Bertz CT molecular complexity index is 836. The van der Waals surface area contributed by atoms with Gasteiger partial charge in [-0.15, -0.1) is 0 Å². The van der Waals surface area contributed by atoms with Gasteiger partial charge in [-0.3, -0.25) is 9.78 Å². The van der Waals surface area contributed by atoms with Gasteiger partial charge in [-0.25, -0.2) is 0 Å². The number of pyridine rings is 1. The molecule has 0 bridgehead atoms. The molecular formula is C20H17BrN2O2. The van der Waals surface area contributed by atoms with Gasteiger partial charge in [0.25, 0.3) is 5.91 Å². The molecule has 126 valence electrons. The fourth-order valence-electron chi connectivity index (χ4n) is 2.29. The Morgan fingerprint density at radius 1 is 1.04 bits per heavy atom. The van der Waals surface area contributed by atoms with E-state index in [1.165, 1.54) is 5.56 Å². The van der Waals surface area contributed by atoms with Crippen LogP contribution < -0.4 is 10.1 Å². The Hall–Kier alpha value is -2.66. The average molecular weight is 397 g/mol. The van der Waals surface area contributed by atoms with Crippen molar-refractivity contribution in [3.63, 3.8) is 0 Å². The molecule has 1 aromatic heterocycles. The first-order chi connectivity index (χ1) is 12.2. The van der Waals surface area contributed by atoms with Gasteiger partial charge < -0.3 is 10.1 Å². The monoisotopic (exact) mass is 396 g/mol. The molecule has 0 aliphatic carbocycles. The van der Waals surface area contributed by atoms with E-state index in [0.29, 0.717) is 18.0 Å². The number of ether oxygens (including phenoxy) is 1.